The topological polar surface area (TPSA) is 49.3 Å². The van der Waals surface area contributed by atoms with E-state index < -0.39 is 0 Å². The summed E-state index contributed by atoms with van der Waals surface area (Å²) in [6, 6.07) is 8.74. The van der Waals surface area contributed by atoms with Crippen molar-refractivity contribution < 1.29 is 4.79 Å². The molecule has 0 N–H and O–H groups in total. The minimum Gasteiger partial charge on any atom is -0.353 e. The zero-order valence-electron chi connectivity index (χ0n) is 21.7. The Morgan fingerprint density at radius 1 is 1.03 bits per heavy atom. The molecule has 0 saturated carbocycles. The van der Waals surface area contributed by atoms with Gasteiger partial charge in [0.25, 0.3) is 0 Å². The van der Waals surface area contributed by atoms with Crippen LogP contribution >= 0.6 is 0 Å². The van der Waals surface area contributed by atoms with E-state index in [1.165, 1.54) is 16.7 Å². The van der Waals surface area contributed by atoms with Crippen LogP contribution in [0.2, 0.25) is 0 Å². The Hall–Kier alpha value is -2.43. The molecule has 5 nitrogen and oxygen atoms in total. The Labute approximate surface area is 200 Å². The summed E-state index contributed by atoms with van der Waals surface area (Å²) < 4.78 is 0. The van der Waals surface area contributed by atoms with Gasteiger partial charge in [0.2, 0.25) is 5.91 Å². The Balaban J connectivity index is 1.72. The Bertz CT molecular complexity index is 938. The molecule has 2 heterocycles. The third-order valence-corrected chi connectivity index (χ3v) is 6.43. The third kappa shape index (κ3) is 7.02. The molecule has 1 amide bonds. The normalized spacial score (nSPS) is 15.6. The molecule has 0 bridgehead atoms. The van der Waals surface area contributed by atoms with Crippen molar-refractivity contribution in [2.45, 2.75) is 74.1 Å². The molecule has 33 heavy (non-hydrogen) atoms. The van der Waals surface area contributed by atoms with Gasteiger partial charge in [0.05, 0.1) is 0 Å². The van der Waals surface area contributed by atoms with Crippen LogP contribution in [0.3, 0.4) is 0 Å². The van der Waals surface area contributed by atoms with Crippen LogP contribution in [-0.4, -0.2) is 47.0 Å². The van der Waals surface area contributed by atoms with Crippen molar-refractivity contribution in [1.29, 1.82) is 0 Å². The van der Waals surface area contributed by atoms with Crippen LogP contribution in [0.5, 0.6) is 0 Å². The zero-order chi connectivity index (χ0) is 24.2. The first kappa shape index (κ1) is 25.2. The predicted octanol–water partition coefficient (Wildman–Crippen LogP) is 5.36. The molecule has 1 fully saturated rings. The average molecular weight is 451 g/mol. The van der Waals surface area contributed by atoms with E-state index in [2.05, 4.69) is 70.7 Å². The molecule has 0 aliphatic carbocycles. The summed E-state index contributed by atoms with van der Waals surface area (Å²) in [5.74, 6) is 2.57. The number of hydrogen-bond donors (Lipinski definition) is 0. The summed E-state index contributed by atoms with van der Waals surface area (Å²) >= 11 is 0. The van der Waals surface area contributed by atoms with E-state index in [-0.39, 0.29) is 5.41 Å². The van der Waals surface area contributed by atoms with Crippen LogP contribution < -0.4 is 4.90 Å². The highest BCUT2D eigenvalue weighted by Gasteiger charge is 2.26. The van der Waals surface area contributed by atoms with Crippen LogP contribution in [0.4, 0.5) is 5.82 Å². The second-order valence-corrected chi connectivity index (χ2v) is 11.0. The standard InChI is InChI=1S/C28H42N4O/c1-8-25-24(18-23-11-9-20(2)10-12-23)27(30-22(4)29-25)32-15-13-31(14-16-32)26(33)17-21(3)19-28(5,6)7/h9-12,21H,8,13-19H2,1-7H3/t21-/m0/s1. The molecule has 180 valence electrons. The second kappa shape index (κ2) is 10.7. The lowest BCUT2D eigenvalue weighted by Crippen LogP contribution is -2.49. The Morgan fingerprint density at radius 2 is 1.67 bits per heavy atom. The van der Waals surface area contributed by atoms with Crippen LogP contribution in [0.25, 0.3) is 0 Å². The Kier molecular flexibility index (Phi) is 8.14. The molecule has 1 saturated heterocycles. The number of anilines is 1. The van der Waals surface area contributed by atoms with Crippen molar-refractivity contribution in [1.82, 2.24) is 14.9 Å². The quantitative estimate of drug-likeness (QED) is 0.570. The molecule has 0 radical (unpaired) electrons. The molecule has 1 atom stereocenters. The van der Waals surface area contributed by atoms with Crippen LogP contribution in [0.15, 0.2) is 24.3 Å². The van der Waals surface area contributed by atoms with Crippen molar-refractivity contribution in [3.05, 3.63) is 52.5 Å². The van der Waals surface area contributed by atoms with Gasteiger partial charge in [-0.1, -0.05) is 64.4 Å². The summed E-state index contributed by atoms with van der Waals surface area (Å²) in [6.45, 7) is 18.4. The number of aromatic nitrogens is 2. The van der Waals surface area contributed by atoms with Crippen molar-refractivity contribution in [3.8, 4) is 0 Å². The van der Waals surface area contributed by atoms with Gasteiger partial charge in [0.1, 0.15) is 11.6 Å². The van der Waals surface area contributed by atoms with Gasteiger partial charge in [0, 0.05) is 50.3 Å². The lowest BCUT2D eigenvalue weighted by atomic mass is 9.84. The highest BCUT2D eigenvalue weighted by molar-refractivity contribution is 5.76. The number of nitrogens with zero attached hydrogens (tertiary/aromatic N) is 4. The third-order valence-electron chi connectivity index (χ3n) is 6.43. The fourth-order valence-corrected chi connectivity index (χ4v) is 5.00. The van der Waals surface area contributed by atoms with E-state index in [1.807, 2.05) is 11.8 Å². The first-order valence-electron chi connectivity index (χ1n) is 12.5. The van der Waals surface area contributed by atoms with Gasteiger partial charge in [0.15, 0.2) is 0 Å². The number of carbonyl (C=O) groups is 1. The summed E-state index contributed by atoms with van der Waals surface area (Å²) in [4.78, 5) is 27.0. The highest BCUT2D eigenvalue weighted by atomic mass is 16.2. The number of aryl methyl sites for hydroxylation is 3. The first-order chi connectivity index (χ1) is 15.6. The van der Waals surface area contributed by atoms with E-state index in [9.17, 15) is 4.79 Å². The number of hydrogen-bond acceptors (Lipinski definition) is 4. The second-order valence-electron chi connectivity index (χ2n) is 11.0. The average Bonchev–Trinajstić information content (AvgIpc) is 2.74. The summed E-state index contributed by atoms with van der Waals surface area (Å²) in [7, 11) is 0. The van der Waals surface area contributed by atoms with Crippen molar-refractivity contribution in [2.75, 3.05) is 31.1 Å². The fraction of sp³-hybridized carbons (Fsp3) is 0.607. The Morgan fingerprint density at radius 3 is 2.24 bits per heavy atom. The molecule has 1 aliphatic rings. The molecule has 1 aromatic heterocycles. The summed E-state index contributed by atoms with van der Waals surface area (Å²) in [6.07, 6.45) is 3.44. The number of carbonyl (C=O) groups excluding carboxylic acids is 1. The molecule has 3 rings (SSSR count). The van der Waals surface area contributed by atoms with Crippen LogP contribution in [-0.2, 0) is 17.6 Å². The van der Waals surface area contributed by atoms with Gasteiger partial charge in [-0.2, -0.15) is 0 Å². The molecule has 1 aromatic carbocycles. The van der Waals surface area contributed by atoms with Gasteiger partial charge in [-0.05, 0) is 43.6 Å². The van der Waals surface area contributed by atoms with Gasteiger partial charge < -0.3 is 9.80 Å². The molecular formula is C28H42N4O. The van der Waals surface area contributed by atoms with Crippen molar-refractivity contribution in [3.63, 3.8) is 0 Å². The van der Waals surface area contributed by atoms with Crippen LogP contribution in [0.1, 0.15) is 75.7 Å². The number of benzene rings is 1. The van der Waals surface area contributed by atoms with Gasteiger partial charge >= 0.3 is 0 Å². The molecular weight excluding hydrogens is 408 g/mol. The number of piperazine rings is 1. The van der Waals surface area contributed by atoms with E-state index >= 15 is 0 Å². The van der Waals surface area contributed by atoms with E-state index in [0.717, 1.165) is 62.8 Å². The molecule has 1 aliphatic heterocycles. The smallest absolute Gasteiger partial charge is 0.222 e. The van der Waals surface area contributed by atoms with Crippen LogP contribution in [0, 0.1) is 25.2 Å². The summed E-state index contributed by atoms with van der Waals surface area (Å²) in [5, 5.41) is 0. The van der Waals surface area contributed by atoms with E-state index in [0.29, 0.717) is 18.2 Å². The number of amides is 1. The van der Waals surface area contributed by atoms with Crippen molar-refractivity contribution in [2.24, 2.45) is 11.3 Å². The SMILES string of the molecule is CCc1nc(C)nc(N2CCN(C(=O)C[C@H](C)CC(C)(C)C)CC2)c1Cc1ccc(C)cc1. The minimum absolute atomic E-state index is 0.258. The first-order valence-corrected chi connectivity index (χ1v) is 12.5. The lowest BCUT2D eigenvalue weighted by Gasteiger charge is -2.37. The molecule has 5 heteroatoms. The molecule has 0 spiro atoms. The van der Waals surface area contributed by atoms with E-state index in [1.54, 1.807) is 0 Å². The minimum atomic E-state index is 0.258. The highest BCUT2D eigenvalue weighted by Crippen LogP contribution is 2.28. The molecule has 0 unspecified atom stereocenters. The monoisotopic (exact) mass is 450 g/mol. The maximum absolute atomic E-state index is 12.9. The van der Waals surface area contributed by atoms with Gasteiger partial charge in [-0.25, -0.2) is 9.97 Å². The maximum atomic E-state index is 12.9. The zero-order valence-corrected chi connectivity index (χ0v) is 21.7. The fourth-order valence-electron chi connectivity index (χ4n) is 5.00. The summed E-state index contributed by atoms with van der Waals surface area (Å²) in [5.41, 5.74) is 5.17. The predicted molar refractivity (Wildman–Crippen MR) is 137 cm³/mol. The molecule has 2 aromatic rings. The van der Waals surface area contributed by atoms with Gasteiger partial charge in [-0.3, -0.25) is 4.79 Å². The van der Waals surface area contributed by atoms with E-state index in [4.69, 9.17) is 9.97 Å². The van der Waals surface area contributed by atoms with Crippen molar-refractivity contribution >= 4 is 11.7 Å². The van der Waals surface area contributed by atoms with Gasteiger partial charge in [-0.15, -0.1) is 0 Å². The largest absolute Gasteiger partial charge is 0.353 e. The number of rotatable bonds is 7. The lowest BCUT2D eigenvalue weighted by molar-refractivity contribution is -0.132. The maximum Gasteiger partial charge on any atom is 0.222 e.